The molecule has 2 N–H and O–H groups in total. The van der Waals surface area contributed by atoms with Crippen molar-refractivity contribution in [3.8, 4) is 0 Å². The summed E-state index contributed by atoms with van der Waals surface area (Å²) in [5.74, 6) is 0.572. The number of halogens is 3. The van der Waals surface area contributed by atoms with Gasteiger partial charge < -0.3 is 5.73 Å². The minimum atomic E-state index is -4.31. The van der Waals surface area contributed by atoms with Crippen LogP contribution in [-0.4, -0.2) is 16.3 Å². The maximum atomic E-state index is 12.7. The lowest BCUT2D eigenvalue weighted by atomic mass is 9.86. The number of hydrogen-bond acceptors (Lipinski definition) is 2. The van der Waals surface area contributed by atoms with Crippen LogP contribution in [0.4, 0.5) is 13.2 Å². The highest BCUT2D eigenvalue weighted by molar-refractivity contribution is 5.78. The normalized spacial score (nSPS) is 23.6. The van der Waals surface area contributed by atoms with Gasteiger partial charge in [0.2, 0.25) is 0 Å². The minimum Gasteiger partial charge on any atom is -0.330 e. The van der Waals surface area contributed by atoms with Crippen molar-refractivity contribution < 1.29 is 13.2 Å². The number of alkyl halides is 3. The van der Waals surface area contributed by atoms with Crippen LogP contribution in [0.1, 0.15) is 37.3 Å². The highest BCUT2D eigenvalue weighted by Gasteiger charge is 2.31. The van der Waals surface area contributed by atoms with E-state index in [0.717, 1.165) is 31.7 Å². The predicted molar refractivity (Wildman–Crippen MR) is 74.8 cm³/mol. The Morgan fingerprint density at radius 2 is 1.90 bits per heavy atom. The van der Waals surface area contributed by atoms with Gasteiger partial charge in [0.25, 0.3) is 0 Å². The van der Waals surface area contributed by atoms with E-state index >= 15 is 0 Å². The monoisotopic (exact) mass is 297 g/mol. The molecule has 3 nitrogen and oxygen atoms in total. The lowest BCUT2D eigenvalue weighted by Gasteiger charge is -2.27. The summed E-state index contributed by atoms with van der Waals surface area (Å²) in [6.45, 7) is 0.711. The topological polar surface area (TPSA) is 43.8 Å². The molecule has 114 valence electrons. The van der Waals surface area contributed by atoms with Crippen LogP contribution in [0.2, 0.25) is 0 Å². The van der Waals surface area contributed by atoms with Crippen molar-refractivity contribution in [1.29, 1.82) is 0 Å². The van der Waals surface area contributed by atoms with Gasteiger partial charge in [-0.15, -0.1) is 0 Å². The number of hydrogen-bond donors (Lipinski definition) is 1. The van der Waals surface area contributed by atoms with Crippen molar-refractivity contribution in [3.05, 3.63) is 30.0 Å². The third-order valence-corrected chi connectivity index (χ3v) is 4.37. The van der Waals surface area contributed by atoms with Crippen molar-refractivity contribution in [2.75, 3.05) is 6.54 Å². The number of rotatable bonds is 2. The Morgan fingerprint density at radius 1 is 1.19 bits per heavy atom. The Labute approximate surface area is 120 Å². The van der Waals surface area contributed by atoms with Gasteiger partial charge >= 0.3 is 6.18 Å². The Balaban J connectivity index is 1.84. The fraction of sp³-hybridized carbons (Fsp3) is 0.533. The Bertz CT molecular complexity index is 625. The van der Waals surface area contributed by atoms with Crippen LogP contribution in [-0.2, 0) is 6.18 Å². The fourth-order valence-electron chi connectivity index (χ4n) is 3.05. The first kappa shape index (κ1) is 14.4. The molecule has 1 aromatic carbocycles. The molecule has 0 amide bonds. The smallest absolute Gasteiger partial charge is 0.330 e. The molecule has 1 saturated carbocycles. The molecule has 1 heterocycles. The summed E-state index contributed by atoms with van der Waals surface area (Å²) in [4.78, 5) is 0. The molecular formula is C15H18F3N3. The maximum absolute atomic E-state index is 12.7. The summed E-state index contributed by atoms with van der Waals surface area (Å²) < 4.78 is 40.0. The van der Waals surface area contributed by atoms with Crippen molar-refractivity contribution in [2.24, 2.45) is 11.7 Å². The second-order valence-electron chi connectivity index (χ2n) is 5.79. The summed E-state index contributed by atoms with van der Waals surface area (Å²) >= 11 is 0. The molecule has 1 aromatic heterocycles. The summed E-state index contributed by atoms with van der Waals surface area (Å²) in [5.41, 5.74) is 5.67. The Kier molecular flexibility index (Phi) is 3.65. The zero-order valence-electron chi connectivity index (χ0n) is 11.6. The summed E-state index contributed by atoms with van der Waals surface area (Å²) in [6, 6.07) is 3.98. The van der Waals surface area contributed by atoms with E-state index in [1.54, 1.807) is 6.20 Å². The first-order valence-corrected chi connectivity index (χ1v) is 7.23. The number of benzene rings is 1. The van der Waals surface area contributed by atoms with Crippen LogP contribution in [0.15, 0.2) is 24.4 Å². The molecule has 1 fully saturated rings. The molecule has 0 bridgehead atoms. The van der Waals surface area contributed by atoms with Crippen LogP contribution in [0, 0.1) is 5.92 Å². The second-order valence-corrected chi connectivity index (χ2v) is 5.79. The van der Waals surface area contributed by atoms with E-state index < -0.39 is 11.7 Å². The van der Waals surface area contributed by atoms with Crippen LogP contribution >= 0.6 is 0 Å². The van der Waals surface area contributed by atoms with E-state index in [1.807, 2.05) is 4.68 Å². The van der Waals surface area contributed by atoms with Crippen molar-refractivity contribution in [2.45, 2.75) is 37.9 Å². The Morgan fingerprint density at radius 3 is 2.52 bits per heavy atom. The van der Waals surface area contributed by atoms with Crippen molar-refractivity contribution >= 4 is 10.9 Å². The van der Waals surface area contributed by atoms with Crippen molar-refractivity contribution in [3.63, 3.8) is 0 Å². The quantitative estimate of drug-likeness (QED) is 0.917. The lowest BCUT2D eigenvalue weighted by Crippen LogP contribution is -2.23. The van der Waals surface area contributed by atoms with E-state index in [4.69, 9.17) is 5.73 Å². The van der Waals surface area contributed by atoms with Gasteiger partial charge in [-0.2, -0.15) is 18.3 Å². The van der Waals surface area contributed by atoms with Crippen LogP contribution in [0.5, 0.6) is 0 Å². The summed E-state index contributed by atoms with van der Waals surface area (Å²) in [5, 5.41) is 4.98. The molecule has 0 spiro atoms. The van der Waals surface area contributed by atoms with Gasteiger partial charge in [0, 0.05) is 11.6 Å². The number of nitrogens with two attached hydrogens (primary N) is 1. The van der Waals surface area contributed by atoms with E-state index in [-0.39, 0.29) is 6.04 Å². The minimum absolute atomic E-state index is 0.273. The van der Waals surface area contributed by atoms with E-state index in [9.17, 15) is 13.2 Å². The highest BCUT2D eigenvalue weighted by Crippen LogP contribution is 2.34. The van der Waals surface area contributed by atoms with Crippen LogP contribution in [0.25, 0.3) is 10.9 Å². The third kappa shape index (κ3) is 2.90. The van der Waals surface area contributed by atoms with Gasteiger partial charge in [-0.3, -0.25) is 4.68 Å². The molecule has 1 aliphatic rings. The molecule has 6 heteroatoms. The standard InChI is InChI=1S/C15H18F3N3/c16-15(17,18)12-3-6-14-11(7-12)9-21(20-14)13-4-1-10(8-19)2-5-13/h3,6-7,9-10,13H,1-2,4-5,8,19H2/t10-,13-. The molecule has 3 rings (SSSR count). The largest absolute Gasteiger partial charge is 0.416 e. The van der Waals surface area contributed by atoms with E-state index in [2.05, 4.69) is 5.10 Å². The number of fused-ring (bicyclic) bond motifs is 1. The molecule has 0 saturated heterocycles. The summed E-state index contributed by atoms with van der Waals surface area (Å²) in [7, 11) is 0. The molecule has 0 unspecified atom stereocenters. The average molecular weight is 297 g/mol. The molecular weight excluding hydrogens is 279 g/mol. The first-order valence-electron chi connectivity index (χ1n) is 7.23. The second kappa shape index (κ2) is 5.33. The predicted octanol–water partition coefficient (Wildman–Crippen LogP) is 3.75. The maximum Gasteiger partial charge on any atom is 0.416 e. The van der Waals surface area contributed by atoms with Gasteiger partial charge in [-0.1, -0.05) is 0 Å². The number of aromatic nitrogens is 2. The van der Waals surface area contributed by atoms with E-state index in [0.29, 0.717) is 23.4 Å². The molecule has 2 aromatic rings. The molecule has 0 atom stereocenters. The first-order chi connectivity index (χ1) is 9.97. The van der Waals surface area contributed by atoms with Crippen molar-refractivity contribution in [1.82, 2.24) is 9.78 Å². The molecule has 0 radical (unpaired) electrons. The van der Waals surface area contributed by atoms with E-state index in [1.165, 1.54) is 12.1 Å². The fourth-order valence-corrected chi connectivity index (χ4v) is 3.05. The Hall–Kier alpha value is -1.56. The number of nitrogens with zero attached hydrogens (tertiary/aromatic N) is 2. The zero-order chi connectivity index (χ0) is 15.0. The molecule has 21 heavy (non-hydrogen) atoms. The zero-order valence-corrected chi connectivity index (χ0v) is 11.6. The summed E-state index contributed by atoms with van der Waals surface area (Å²) in [6.07, 6.45) is 1.52. The van der Waals surface area contributed by atoms with Crippen LogP contribution in [0.3, 0.4) is 0 Å². The van der Waals surface area contributed by atoms with Gasteiger partial charge in [0.05, 0.1) is 17.1 Å². The third-order valence-electron chi connectivity index (χ3n) is 4.37. The van der Waals surface area contributed by atoms with Crippen LogP contribution < -0.4 is 5.73 Å². The lowest BCUT2D eigenvalue weighted by molar-refractivity contribution is -0.137. The SMILES string of the molecule is NC[C@H]1CC[C@H](n2cc3cc(C(F)(F)F)ccc3n2)CC1. The van der Waals surface area contributed by atoms with Gasteiger partial charge in [-0.05, 0) is 56.3 Å². The van der Waals surface area contributed by atoms with Gasteiger partial charge in [0.15, 0.2) is 0 Å². The molecule has 0 aliphatic heterocycles. The van der Waals surface area contributed by atoms with Gasteiger partial charge in [0.1, 0.15) is 0 Å². The highest BCUT2D eigenvalue weighted by atomic mass is 19.4. The average Bonchev–Trinajstić information content (AvgIpc) is 2.89. The van der Waals surface area contributed by atoms with Gasteiger partial charge in [-0.25, -0.2) is 0 Å². The molecule has 1 aliphatic carbocycles.